The molecular formula is C25H28N4O5. The number of rotatable bonds is 7. The van der Waals surface area contributed by atoms with E-state index in [1.807, 2.05) is 4.90 Å². The average molecular weight is 465 g/mol. The maximum absolute atomic E-state index is 12.8. The van der Waals surface area contributed by atoms with Gasteiger partial charge in [0.1, 0.15) is 5.82 Å². The molecule has 34 heavy (non-hydrogen) atoms. The van der Waals surface area contributed by atoms with Crippen LogP contribution in [-0.2, 0) is 9.53 Å². The molecule has 1 saturated heterocycles. The molecule has 3 heterocycles. The van der Waals surface area contributed by atoms with Crippen molar-refractivity contribution in [2.75, 3.05) is 44.2 Å². The Bertz CT molecular complexity index is 1050. The van der Waals surface area contributed by atoms with Gasteiger partial charge < -0.3 is 14.5 Å². The van der Waals surface area contributed by atoms with Crippen LogP contribution in [0, 0.1) is 0 Å². The van der Waals surface area contributed by atoms with Crippen molar-refractivity contribution >= 4 is 29.5 Å². The standard InChI is InChI=1S/C25H28N4O5/c1-2-34-25(33)18-10-11-21(26-17-18)27-12-6-13-28(16-15-27)22(30)9-5-14-29-23(31)19-7-3-4-8-20(19)24(29)32/h3-4,7-8,10-11,17H,2,5-6,9,12-16H2,1H3. The summed E-state index contributed by atoms with van der Waals surface area (Å²) in [5.74, 6) is -0.202. The van der Waals surface area contributed by atoms with Gasteiger partial charge in [-0.25, -0.2) is 9.78 Å². The molecule has 0 N–H and O–H groups in total. The number of ether oxygens (including phenoxy) is 1. The maximum atomic E-state index is 12.8. The minimum atomic E-state index is -0.393. The van der Waals surface area contributed by atoms with E-state index >= 15 is 0 Å². The van der Waals surface area contributed by atoms with Crippen LogP contribution in [-0.4, -0.2) is 77.8 Å². The highest BCUT2D eigenvalue weighted by Gasteiger charge is 2.34. The van der Waals surface area contributed by atoms with E-state index in [1.54, 1.807) is 43.3 Å². The maximum Gasteiger partial charge on any atom is 0.339 e. The molecule has 2 aliphatic heterocycles. The summed E-state index contributed by atoms with van der Waals surface area (Å²) in [4.78, 5) is 59.1. The summed E-state index contributed by atoms with van der Waals surface area (Å²) in [7, 11) is 0. The van der Waals surface area contributed by atoms with Gasteiger partial charge in [0.05, 0.1) is 23.3 Å². The van der Waals surface area contributed by atoms with Crippen molar-refractivity contribution in [1.82, 2.24) is 14.8 Å². The molecule has 178 valence electrons. The smallest absolute Gasteiger partial charge is 0.339 e. The molecule has 0 aliphatic carbocycles. The Morgan fingerprint density at radius 1 is 0.971 bits per heavy atom. The molecule has 2 aromatic rings. The zero-order valence-corrected chi connectivity index (χ0v) is 19.2. The van der Waals surface area contributed by atoms with Gasteiger partial charge in [0, 0.05) is 45.3 Å². The van der Waals surface area contributed by atoms with Crippen molar-refractivity contribution in [1.29, 1.82) is 0 Å². The molecule has 0 radical (unpaired) electrons. The van der Waals surface area contributed by atoms with E-state index in [4.69, 9.17) is 4.74 Å². The first-order chi connectivity index (χ1) is 16.5. The molecule has 1 aromatic heterocycles. The number of benzene rings is 1. The number of pyridine rings is 1. The van der Waals surface area contributed by atoms with Gasteiger partial charge >= 0.3 is 5.97 Å². The third kappa shape index (κ3) is 4.93. The highest BCUT2D eigenvalue weighted by molar-refractivity contribution is 6.21. The lowest BCUT2D eigenvalue weighted by atomic mass is 10.1. The summed E-state index contributed by atoms with van der Waals surface area (Å²) in [5.41, 5.74) is 1.26. The number of imide groups is 1. The van der Waals surface area contributed by atoms with E-state index in [-0.39, 0.29) is 30.7 Å². The number of esters is 1. The van der Waals surface area contributed by atoms with Crippen LogP contribution in [0.25, 0.3) is 0 Å². The number of fused-ring (bicyclic) bond motifs is 1. The minimum Gasteiger partial charge on any atom is -0.462 e. The molecule has 0 bridgehead atoms. The Morgan fingerprint density at radius 2 is 1.71 bits per heavy atom. The van der Waals surface area contributed by atoms with Gasteiger partial charge in [0.25, 0.3) is 11.8 Å². The first kappa shape index (κ1) is 23.4. The van der Waals surface area contributed by atoms with Crippen molar-refractivity contribution in [3.8, 4) is 0 Å². The zero-order valence-electron chi connectivity index (χ0n) is 19.2. The first-order valence-electron chi connectivity index (χ1n) is 11.6. The predicted molar refractivity (Wildman–Crippen MR) is 125 cm³/mol. The van der Waals surface area contributed by atoms with Crippen LogP contribution in [0.4, 0.5) is 5.82 Å². The number of hydrogen-bond acceptors (Lipinski definition) is 7. The van der Waals surface area contributed by atoms with E-state index in [2.05, 4.69) is 9.88 Å². The van der Waals surface area contributed by atoms with Gasteiger partial charge in [-0.2, -0.15) is 0 Å². The van der Waals surface area contributed by atoms with Gasteiger partial charge in [-0.05, 0) is 44.0 Å². The third-order valence-electron chi connectivity index (χ3n) is 6.08. The van der Waals surface area contributed by atoms with Gasteiger partial charge in [-0.1, -0.05) is 12.1 Å². The molecule has 0 atom stereocenters. The van der Waals surface area contributed by atoms with Crippen molar-refractivity contribution < 1.29 is 23.9 Å². The topological polar surface area (TPSA) is 100 Å². The summed E-state index contributed by atoms with van der Waals surface area (Å²) >= 11 is 0. The Kier molecular flexibility index (Phi) is 7.20. The van der Waals surface area contributed by atoms with Gasteiger partial charge in [-0.3, -0.25) is 19.3 Å². The van der Waals surface area contributed by atoms with E-state index in [0.29, 0.717) is 49.4 Å². The second-order valence-corrected chi connectivity index (χ2v) is 8.26. The largest absolute Gasteiger partial charge is 0.462 e. The summed E-state index contributed by atoms with van der Waals surface area (Å²) in [6, 6.07) is 10.3. The fourth-order valence-corrected chi connectivity index (χ4v) is 4.29. The van der Waals surface area contributed by atoms with E-state index in [1.165, 1.54) is 11.1 Å². The van der Waals surface area contributed by atoms with Crippen molar-refractivity contribution in [3.05, 3.63) is 59.3 Å². The monoisotopic (exact) mass is 464 g/mol. The first-order valence-corrected chi connectivity index (χ1v) is 11.6. The van der Waals surface area contributed by atoms with Crippen LogP contribution < -0.4 is 4.90 Å². The lowest BCUT2D eigenvalue weighted by molar-refractivity contribution is -0.131. The van der Waals surface area contributed by atoms with Crippen molar-refractivity contribution in [2.24, 2.45) is 0 Å². The summed E-state index contributed by atoms with van der Waals surface area (Å²) in [6.45, 7) is 4.90. The number of carbonyl (C=O) groups is 4. The minimum absolute atomic E-state index is 0.0177. The number of carbonyl (C=O) groups excluding carboxylic acids is 4. The molecule has 0 saturated carbocycles. The fraction of sp³-hybridized carbons (Fsp3) is 0.400. The second kappa shape index (κ2) is 10.5. The molecule has 3 amide bonds. The van der Waals surface area contributed by atoms with Crippen LogP contribution in [0.3, 0.4) is 0 Å². The molecule has 0 spiro atoms. The van der Waals surface area contributed by atoms with Crippen LogP contribution >= 0.6 is 0 Å². The Hall–Kier alpha value is -3.75. The predicted octanol–water partition coefficient (Wildman–Crippen LogP) is 2.37. The van der Waals surface area contributed by atoms with E-state index < -0.39 is 5.97 Å². The Labute approximate surface area is 198 Å². The summed E-state index contributed by atoms with van der Waals surface area (Å²) in [6.07, 6.45) is 3.02. The molecule has 9 heteroatoms. The molecule has 9 nitrogen and oxygen atoms in total. The van der Waals surface area contributed by atoms with E-state index in [0.717, 1.165) is 18.8 Å². The van der Waals surface area contributed by atoms with Crippen LogP contribution in [0.15, 0.2) is 42.6 Å². The quantitative estimate of drug-likeness (QED) is 0.458. The van der Waals surface area contributed by atoms with Crippen molar-refractivity contribution in [3.63, 3.8) is 0 Å². The molecule has 2 aliphatic rings. The van der Waals surface area contributed by atoms with Gasteiger partial charge in [-0.15, -0.1) is 0 Å². The lowest BCUT2D eigenvalue weighted by Gasteiger charge is -2.23. The van der Waals surface area contributed by atoms with Gasteiger partial charge in [0.15, 0.2) is 0 Å². The van der Waals surface area contributed by atoms with Crippen LogP contribution in [0.2, 0.25) is 0 Å². The molecule has 1 aromatic carbocycles. The normalized spacial score (nSPS) is 15.9. The second-order valence-electron chi connectivity index (χ2n) is 8.26. The number of amides is 3. The molecule has 4 rings (SSSR count). The Balaban J connectivity index is 1.26. The number of nitrogens with zero attached hydrogens (tertiary/aromatic N) is 4. The molecular weight excluding hydrogens is 436 g/mol. The molecule has 1 fully saturated rings. The summed E-state index contributed by atoms with van der Waals surface area (Å²) < 4.78 is 4.99. The summed E-state index contributed by atoms with van der Waals surface area (Å²) in [5, 5.41) is 0. The number of hydrogen-bond donors (Lipinski definition) is 0. The fourth-order valence-electron chi connectivity index (χ4n) is 4.29. The lowest BCUT2D eigenvalue weighted by Crippen LogP contribution is -2.36. The van der Waals surface area contributed by atoms with Gasteiger partial charge in [0.2, 0.25) is 5.91 Å². The average Bonchev–Trinajstić information content (AvgIpc) is 3.02. The molecule has 0 unspecified atom stereocenters. The highest BCUT2D eigenvalue weighted by Crippen LogP contribution is 2.23. The number of anilines is 1. The zero-order chi connectivity index (χ0) is 24.1. The van der Waals surface area contributed by atoms with Crippen LogP contribution in [0.1, 0.15) is 57.3 Å². The number of aromatic nitrogens is 1. The van der Waals surface area contributed by atoms with Crippen LogP contribution in [0.5, 0.6) is 0 Å². The SMILES string of the molecule is CCOC(=O)c1ccc(N2CCCN(C(=O)CCCN3C(=O)c4ccccc4C3=O)CC2)nc1. The Morgan fingerprint density at radius 3 is 2.35 bits per heavy atom. The van der Waals surface area contributed by atoms with E-state index in [9.17, 15) is 19.2 Å². The van der Waals surface area contributed by atoms with Crippen molar-refractivity contribution in [2.45, 2.75) is 26.2 Å². The highest BCUT2D eigenvalue weighted by atomic mass is 16.5. The third-order valence-corrected chi connectivity index (χ3v) is 6.08.